The minimum Gasteiger partial charge on any atom is -0.461 e. The molecule has 0 aliphatic heterocycles. The van der Waals surface area contributed by atoms with Crippen molar-refractivity contribution in [1.82, 2.24) is 20.1 Å². The van der Waals surface area contributed by atoms with E-state index in [2.05, 4.69) is 20.8 Å². The molecule has 0 spiro atoms. The molecule has 0 bridgehead atoms. The largest absolute Gasteiger partial charge is 0.461 e. The summed E-state index contributed by atoms with van der Waals surface area (Å²) < 4.78 is 7.11. The Balaban J connectivity index is 1.54. The number of carbonyl (C=O) groups excluding carboxylic acids is 2. The zero-order valence-corrected chi connectivity index (χ0v) is 17.5. The highest BCUT2D eigenvalue weighted by Crippen LogP contribution is 2.25. The van der Waals surface area contributed by atoms with E-state index < -0.39 is 5.25 Å². The molecule has 0 saturated heterocycles. The lowest BCUT2D eigenvalue weighted by Crippen LogP contribution is -2.37. The van der Waals surface area contributed by atoms with Crippen LogP contribution in [0.1, 0.15) is 18.1 Å². The SMILES string of the molecule is Cc1cccc(C)c1NC(=O)CNC(=O)[C@@H](C)Sc1nnc(-c2ccco2)n1C. The first kappa shape index (κ1) is 20.7. The molecule has 152 valence electrons. The van der Waals surface area contributed by atoms with E-state index in [4.69, 9.17) is 4.42 Å². The Hall–Kier alpha value is -3.07. The normalized spacial score (nSPS) is 11.9. The van der Waals surface area contributed by atoms with Gasteiger partial charge in [-0.3, -0.25) is 9.59 Å². The van der Waals surface area contributed by atoms with Gasteiger partial charge in [-0.2, -0.15) is 0 Å². The van der Waals surface area contributed by atoms with Gasteiger partial charge in [0, 0.05) is 12.7 Å². The van der Waals surface area contributed by atoms with Crippen LogP contribution in [-0.4, -0.2) is 38.4 Å². The van der Waals surface area contributed by atoms with Gasteiger partial charge in [0.05, 0.1) is 18.1 Å². The summed E-state index contributed by atoms with van der Waals surface area (Å²) in [6.45, 7) is 5.51. The number of nitrogens with one attached hydrogen (secondary N) is 2. The standard InChI is InChI=1S/C20H23N5O3S/c1-12-7-5-8-13(2)17(12)22-16(26)11-21-19(27)14(3)29-20-24-23-18(25(20)4)15-9-6-10-28-15/h5-10,14H,11H2,1-4H3,(H,21,27)(H,22,26)/t14-/m1/s1. The van der Waals surface area contributed by atoms with Crippen molar-refractivity contribution in [3.63, 3.8) is 0 Å². The van der Waals surface area contributed by atoms with E-state index in [-0.39, 0.29) is 18.4 Å². The lowest BCUT2D eigenvalue weighted by atomic mass is 10.1. The molecule has 2 aromatic heterocycles. The highest BCUT2D eigenvalue weighted by atomic mass is 32.2. The molecule has 9 heteroatoms. The van der Waals surface area contributed by atoms with E-state index in [9.17, 15) is 9.59 Å². The molecule has 1 aromatic carbocycles. The highest BCUT2D eigenvalue weighted by molar-refractivity contribution is 8.00. The van der Waals surface area contributed by atoms with Crippen molar-refractivity contribution < 1.29 is 14.0 Å². The van der Waals surface area contributed by atoms with Crippen LogP contribution in [0, 0.1) is 13.8 Å². The van der Waals surface area contributed by atoms with Crippen LogP contribution in [0.4, 0.5) is 5.69 Å². The van der Waals surface area contributed by atoms with Crippen LogP contribution in [0.25, 0.3) is 11.6 Å². The first-order chi connectivity index (χ1) is 13.9. The fourth-order valence-electron chi connectivity index (χ4n) is 2.76. The zero-order chi connectivity index (χ0) is 21.0. The van der Waals surface area contributed by atoms with Crippen LogP contribution in [0.3, 0.4) is 0 Å². The van der Waals surface area contributed by atoms with Gasteiger partial charge in [-0.1, -0.05) is 30.0 Å². The minimum atomic E-state index is -0.449. The summed E-state index contributed by atoms with van der Waals surface area (Å²) in [5.74, 6) is 0.658. The zero-order valence-electron chi connectivity index (χ0n) is 16.7. The summed E-state index contributed by atoms with van der Waals surface area (Å²) in [5.41, 5.74) is 2.73. The van der Waals surface area contributed by atoms with Crippen molar-refractivity contribution in [2.75, 3.05) is 11.9 Å². The molecular formula is C20H23N5O3S. The minimum absolute atomic E-state index is 0.103. The maximum absolute atomic E-state index is 12.4. The lowest BCUT2D eigenvalue weighted by molar-refractivity contribution is -0.123. The molecule has 3 aromatic rings. The molecule has 0 fully saturated rings. The predicted octanol–water partition coefficient (Wildman–Crippen LogP) is 2.93. The number of para-hydroxylation sites is 1. The second-order valence-corrected chi connectivity index (χ2v) is 7.94. The topological polar surface area (TPSA) is 102 Å². The Kier molecular flexibility index (Phi) is 6.38. The Morgan fingerprint density at radius 2 is 1.90 bits per heavy atom. The average Bonchev–Trinajstić information content (AvgIpc) is 3.33. The van der Waals surface area contributed by atoms with Crippen molar-refractivity contribution in [2.24, 2.45) is 7.05 Å². The van der Waals surface area contributed by atoms with Gasteiger partial charge in [0.15, 0.2) is 16.7 Å². The first-order valence-electron chi connectivity index (χ1n) is 9.10. The lowest BCUT2D eigenvalue weighted by Gasteiger charge is -2.13. The summed E-state index contributed by atoms with van der Waals surface area (Å²) in [6.07, 6.45) is 1.57. The number of hydrogen-bond acceptors (Lipinski definition) is 6. The van der Waals surface area contributed by atoms with Gasteiger partial charge in [0.1, 0.15) is 0 Å². The number of aromatic nitrogens is 3. The van der Waals surface area contributed by atoms with Crippen LogP contribution in [0.5, 0.6) is 0 Å². The first-order valence-corrected chi connectivity index (χ1v) is 9.98. The monoisotopic (exact) mass is 413 g/mol. The molecule has 0 saturated carbocycles. The molecule has 2 amide bonds. The number of hydrogen-bond donors (Lipinski definition) is 2. The Morgan fingerprint density at radius 1 is 1.17 bits per heavy atom. The third kappa shape index (κ3) is 4.86. The number of amides is 2. The van der Waals surface area contributed by atoms with Gasteiger partial charge in [-0.05, 0) is 44.0 Å². The average molecular weight is 414 g/mol. The van der Waals surface area contributed by atoms with Crippen LogP contribution in [0.15, 0.2) is 46.2 Å². The molecule has 0 unspecified atom stereocenters. The number of thioether (sulfide) groups is 1. The molecular weight excluding hydrogens is 390 g/mol. The molecule has 0 aliphatic carbocycles. The van der Waals surface area contributed by atoms with Gasteiger partial charge in [-0.15, -0.1) is 10.2 Å². The number of anilines is 1. The second-order valence-electron chi connectivity index (χ2n) is 6.64. The Bertz CT molecular complexity index is 993. The summed E-state index contributed by atoms with van der Waals surface area (Å²) >= 11 is 1.26. The summed E-state index contributed by atoms with van der Waals surface area (Å²) in [7, 11) is 1.81. The number of nitrogens with zero attached hydrogens (tertiary/aromatic N) is 3. The van der Waals surface area contributed by atoms with E-state index in [1.165, 1.54) is 11.8 Å². The molecule has 3 rings (SSSR count). The number of carbonyl (C=O) groups is 2. The van der Waals surface area contributed by atoms with Gasteiger partial charge in [0.2, 0.25) is 11.8 Å². The number of furan rings is 1. The van der Waals surface area contributed by atoms with Gasteiger partial charge >= 0.3 is 0 Å². The smallest absolute Gasteiger partial charge is 0.243 e. The van der Waals surface area contributed by atoms with Crippen molar-refractivity contribution in [1.29, 1.82) is 0 Å². The van der Waals surface area contributed by atoms with E-state index in [0.29, 0.717) is 16.7 Å². The molecule has 0 aliphatic rings. The molecule has 2 N–H and O–H groups in total. The fourth-order valence-corrected chi connectivity index (χ4v) is 3.60. The van der Waals surface area contributed by atoms with E-state index in [1.807, 2.05) is 39.1 Å². The van der Waals surface area contributed by atoms with Crippen LogP contribution in [0.2, 0.25) is 0 Å². The number of benzene rings is 1. The molecule has 0 radical (unpaired) electrons. The van der Waals surface area contributed by atoms with Crippen molar-refractivity contribution in [2.45, 2.75) is 31.2 Å². The summed E-state index contributed by atoms with van der Waals surface area (Å²) in [4.78, 5) is 24.6. The summed E-state index contributed by atoms with van der Waals surface area (Å²) in [6, 6.07) is 9.36. The van der Waals surface area contributed by atoms with Crippen molar-refractivity contribution >= 4 is 29.3 Å². The van der Waals surface area contributed by atoms with E-state index >= 15 is 0 Å². The van der Waals surface area contributed by atoms with Gasteiger partial charge in [-0.25, -0.2) is 0 Å². The van der Waals surface area contributed by atoms with Crippen LogP contribution < -0.4 is 10.6 Å². The Morgan fingerprint density at radius 3 is 2.55 bits per heavy atom. The van der Waals surface area contributed by atoms with Crippen LogP contribution in [-0.2, 0) is 16.6 Å². The third-order valence-corrected chi connectivity index (χ3v) is 5.53. The van der Waals surface area contributed by atoms with Crippen molar-refractivity contribution in [3.8, 4) is 11.6 Å². The molecule has 8 nitrogen and oxygen atoms in total. The maximum Gasteiger partial charge on any atom is 0.243 e. The quantitative estimate of drug-likeness (QED) is 0.578. The van der Waals surface area contributed by atoms with Crippen molar-refractivity contribution in [3.05, 3.63) is 47.7 Å². The van der Waals surface area contributed by atoms with E-state index in [1.54, 1.807) is 29.9 Å². The molecule has 2 heterocycles. The third-order valence-electron chi connectivity index (χ3n) is 4.40. The number of rotatable bonds is 7. The highest BCUT2D eigenvalue weighted by Gasteiger charge is 2.20. The fraction of sp³-hybridized carbons (Fsp3) is 0.300. The Labute approximate surface area is 173 Å². The predicted molar refractivity (Wildman–Crippen MR) is 112 cm³/mol. The van der Waals surface area contributed by atoms with Crippen LogP contribution >= 0.6 is 11.8 Å². The summed E-state index contributed by atoms with van der Waals surface area (Å²) in [5, 5.41) is 13.9. The maximum atomic E-state index is 12.4. The van der Waals surface area contributed by atoms with E-state index in [0.717, 1.165) is 16.8 Å². The second kappa shape index (κ2) is 8.95. The number of aryl methyl sites for hydroxylation is 2. The molecule has 29 heavy (non-hydrogen) atoms. The van der Waals surface area contributed by atoms with Gasteiger partial charge < -0.3 is 19.6 Å². The molecule has 1 atom stereocenters. The van der Waals surface area contributed by atoms with Gasteiger partial charge in [0.25, 0.3) is 0 Å².